The summed E-state index contributed by atoms with van der Waals surface area (Å²) in [7, 11) is 0. The number of rotatable bonds is 5. The summed E-state index contributed by atoms with van der Waals surface area (Å²) in [6.45, 7) is 7.11. The molecule has 0 spiro atoms. The van der Waals surface area contributed by atoms with Gasteiger partial charge >= 0.3 is 6.03 Å². The van der Waals surface area contributed by atoms with Crippen LogP contribution in [-0.2, 0) is 9.47 Å². The molecule has 2 aliphatic heterocycles. The first-order chi connectivity index (χ1) is 12.2. The van der Waals surface area contributed by atoms with Crippen molar-refractivity contribution < 1.29 is 14.3 Å². The number of hydrogen-bond acceptors (Lipinski definition) is 4. The molecule has 2 heterocycles. The van der Waals surface area contributed by atoms with Crippen molar-refractivity contribution in [3.8, 4) is 0 Å². The molecule has 1 aromatic rings. The lowest BCUT2D eigenvalue weighted by atomic mass is 10.1. The Morgan fingerprint density at radius 2 is 1.96 bits per heavy atom. The number of anilines is 1. The second-order valence-corrected chi connectivity index (χ2v) is 6.87. The van der Waals surface area contributed by atoms with Gasteiger partial charge in [-0.15, -0.1) is 0 Å². The fraction of sp³-hybridized carbons (Fsp3) is 0.632. The third kappa shape index (κ3) is 5.70. The first-order valence-electron chi connectivity index (χ1n) is 9.25. The third-order valence-electron chi connectivity index (χ3n) is 4.94. The van der Waals surface area contributed by atoms with Crippen LogP contribution in [0.5, 0.6) is 0 Å². The van der Waals surface area contributed by atoms with Crippen LogP contribution in [0.15, 0.2) is 24.3 Å². The number of carbonyl (C=O) groups is 1. The van der Waals surface area contributed by atoms with E-state index in [1.165, 1.54) is 5.56 Å². The van der Waals surface area contributed by atoms with Crippen LogP contribution in [0, 0.1) is 6.92 Å². The van der Waals surface area contributed by atoms with E-state index in [0.29, 0.717) is 12.6 Å². The molecular weight excluding hydrogens is 318 g/mol. The predicted molar refractivity (Wildman–Crippen MR) is 98.0 cm³/mol. The molecule has 0 radical (unpaired) electrons. The zero-order chi connectivity index (χ0) is 17.5. The van der Waals surface area contributed by atoms with Gasteiger partial charge in [0.1, 0.15) is 0 Å². The van der Waals surface area contributed by atoms with E-state index >= 15 is 0 Å². The second-order valence-electron chi connectivity index (χ2n) is 6.87. The van der Waals surface area contributed by atoms with Gasteiger partial charge in [0.05, 0.1) is 12.7 Å². The van der Waals surface area contributed by atoms with E-state index < -0.39 is 0 Å². The Kier molecular flexibility index (Phi) is 6.67. The van der Waals surface area contributed by atoms with E-state index in [9.17, 15) is 4.79 Å². The highest BCUT2D eigenvalue weighted by molar-refractivity contribution is 5.89. The molecule has 3 rings (SSSR count). The number of nitrogens with zero attached hydrogens (tertiary/aromatic N) is 1. The Bertz CT molecular complexity index is 543. The topological polar surface area (TPSA) is 62.8 Å². The number of nitrogens with one attached hydrogen (secondary N) is 2. The van der Waals surface area contributed by atoms with E-state index in [1.807, 2.05) is 31.2 Å². The van der Waals surface area contributed by atoms with Crippen LogP contribution in [0.1, 0.15) is 24.8 Å². The Hall–Kier alpha value is -1.63. The minimum Gasteiger partial charge on any atom is -0.381 e. The summed E-state index contributed by atoms with van der Waals surface area (Å²) in [5.41, 5.74) is 1.98. The molecular formula is C19H29N3O3. The van der Waals surface area contributed by atoms with Gasteiger partial charge in [-0.1, -0.05) is 17.7 Å². The van der Waals surface area contributed by atoms with Crippen LogP contribution in [-0.4, -0.2) is 62.5 Å². The number of urea groups is 1. The lowest BCUT2D eigenvalue weighted by Gasteiger charge is -2.39. The van der Waals surface area contributed by atoms with Gasteiger partial charge in [0, 0.05) is 44.6 Å². The van der Waals surface area contributed by atoms with Gasteiger partial charge in [-0.3, -0.25) is 4.90 Å². The molecule has 2 amide bonds. The number of amides is 2. The summed E-state index contributed by atoms with van der Waals surface area (Å²) < 4.78 is 11.3. The molecule has 0 aliphatic carbocycles. The van der Waals surface area contributed by atoms with Gasteiger partial charge in [-0.2, -0.15) is 0 Å². The van der Waals surface area contributed by atoms with Crippen molar-refractivity contribution in [1.82, 2.24) is 10.2 Å². The van der Waals surface area contributed by atoms with Gasteiger partial charge in [0.15, 0.2) is 0 Å². The minimum absolute atomic E-state index is 0.166. The molecule has 0 saturated carbocycles. The molecule has 1 atom stereocenters. The first kappa shape index (κ1) is 18.2. The summed E-state index contributed by atoms with van der Waals surface area (Å²) in [5.74, 6) is 0. The molecule has 2 saturated heterocycles. The lowest BCUT2D eigenvalue weighted by molar-refractivity contribution is -0.0635. The lowest BCUT2D eigenvalue weighted by Crippen LogP contribution is -2.50. The summed E-state index contributed by atoms with van der Waals surface area (Å²) in [6, 6.07) is 8.24. The minimum atomic E-state index is -0.166. The Morgan fingerprint density at radius 3 is 2.72 bits per heavy atom. The van der Waals surface area contributed by atoms with Crippen molar-refractivity contribution in [2.75, 3.05) is 44.8 Å². The Balaban J connectivity index is 1.36. The van der Waals surface area contributed by atoms with Crippen LogP contribution in [0.25, 0.3) is 0 Å². The van der Waals surface area contributed by atoms with Gasteiger partial charge < -0.3 is 20.1 Å². The highest BCUT2D eigenvalue weighted by Crippen LogP contribution is 2.18. The number of ether oxygens (including phenoxy) is 2. The molecule has 2 aliphatic rings. The van der Waals surface area contributed by atoms with Crippen molar-refractivity contribution in [3.05, 3.63) is 29.8 Å². The van der Waals surface area contributed by atoms with Crippen LogP contribution in [0.3, 0.4) is 0 Å². The smallest absolute Gasteiger partial charge is 0.319 e. The standard InChI is InChI=1S/C19H29N3O3/c1-15-2-4-16(5-3-15)21-19(23)20-9-6-18-14-22(10-13-25-18)17-7-11-24-12-8-17/h2-5,17-18H,6-14H2,1H3,(H2,20,21,23)/t18-/m0/s1. The number of aryl methyl sites for hydroxylation is 1. The van der Waals surface area contributed by atoms with E-state index in [1.54, 1.807) is 0 Å². The molecule has 0 bridgehead atoms. The highest BCUT2D eigenvalue weighted by Gasteiger charge is 2.27. The number of carbonyl (C=O) groups excluding carboxylic acids is 1. The maximum atomic E-state index is 12.0. The van der Waals surface area contributed by atoms with E-state index in [0.717, 1.165) is 57.9 Å². The molecule has 2 N–H and O–H groups in total. The summed E-state index contributed by atoms with van der Waals surface area (Å²) in [4.78, 5) is 14.5. The zero-order valence-electron chi connectivity index (χ0n) is 15.0. The van der Waals surface area contributed by atoms with Crippen LogP contribution >= 0.6 is 0 Å². The Morgan fingerprint density at radius 1 is 1.20 bits per heavy atom. The monoisotopic (exact) mass is 347 g/mol. The molecule has 2 fully saturated rings. The van der Waals surface area contributed by atoms with Crippen molar-refractivity contribution in [3.63, 3.8) is 0 Å². The average molecular weight is 347 g/mol. The number of benzene rings is 1. The highest BCUT2D eigenvalue weighted by atomic mass is 16.5. The Labute approximate surface area is 149 Å². The molecule has 0 unspecified atom stereocenters. The van der Waals surface area contributed by atoms with E-state index in [4.69, 9.17) is 9.47 Å². The summed E-state index contributed by atoms with van der Waals surface area (Å²) >= 11 is 0. The first-order valence-corrected chi connectivity index (χ1v) is 9.25. The van der Waals surface area contributed by atoms with E-state index in [-0.39, 0.29) is 12.1 Å². The maximum Gasteiger partial charge on any atom is 0.319 e. The second kappa shape index (κ2) is 9.17. The van der Waals surface area contributed by atoms with Crippen molar-refractivity contribution in [2.45, 2.75) is 38.3 Å². The van der Waals surface area contributed by atoms with E-state index in [2.05, 4.69) is 15.5 Å². The van der Waals surface area contributed by atoms with Gasteiger partial charge in [0.2, 0.25) is 0 Å². The number of morpholine rings is 1. The molecule has 25 heavy (non-hydrogen) atoms. The van der Waals surface area contributed by atoms with Crippen LogP contribution < -0.4 is 10.6 Å². The molecule has 138 valence electrons. The molecule has 0 aromatic heterocycles. The normalized spacial score (nSPS) is 22.5. The summed E-state index contributed by atoms with van der Waals surface area (Å²) in [6.07, 6.45) is 3.26. The van der Waals surface area contributed by atoms with Crippen LogP contribution in [0.2, 0.25) is 0 Å². The molecule has 1 aromatic carbocycles. The fourth-order valence-electron chi connectivity index (χ4n) is 3.46. The molecule has 6 heteroatoms. The van der Waals surface area contributed by atoms with Crippen LogP contribution in [0.4, 0.5) is 10.5 Å². The van der Waals surface area contributed by atoms with Gasteiger partial charge in [0.25, 0.3) is 0 Å². The van der Waals surface area contributed by atoms with Gasteiger partial charge in [-0.05, 0) is 38.3 Å². The number of hydrogen-bond donors (Lipinski definition) is 2. The SMILES string of the molecule is Cc1ccc(NC(=O)NCC[C@H]2CN(C3CCOCC3)CCO2)cc1. The zero-order valence-corrected chi connectivity index (χ0v) is 15.0. The predicted octanol–water partition coefficient (Wildman–Crippen LogP) is 2.39. The quantitative estimate of drug-likeness (QED) is 0.858. The average Bonchev–Trinajstić information content (AvgIpc) is 2.65. The largest absolute Gasteiger partial charge is 0.381 e. The molecule has 6 nitrogen and oxygen atoms in total. The maximum absolute atomic E-state index is 12.0. The van der Waals surface area contributed by atoms with Crippen molar-refractivity contribution in [1.29, 1.82) is 0 Å². The summed E-state index contributed by atoms with van der Waals surface area (Å²) in [5, 5.41) is 5.77. The third-order valence-corrected chi connectivity index (χ3v) is 4.94. The fourth-order valence-corrected chi connectivity index (χ4v) is 3.46. The van der Waals surface area contributed by atoms with Crippen molar-refractivity contribution in [2.24, 2.45) is 0 Å². The van der Waals surface area contributed by atoms with Gasteiger partial charge in [-0.25, -0.2) is 4.79 Å². The van der Waals surface area contributed by atoms with Crippen molar-refractivity contribution >= 4 is 11.7 Å².